The van der Waals surface area contributed by atoms with Crippen molar-refractivity contribution in [2.75, 3.05) is 7.11 Å². The summed E-state index contributed by atoms with van der Waals surface area (Å²) in [7, 11) is 1.29. The fourth-order valence-electron chi connectivity index (χ4n) is 1.94. The van der Waals surface area contributed by atoms with E-state index >= 15 is 0 Å². The number of nitrogens with zero attached hydrogens (tertiary/aromatic N) is 1. The molecule has 0 N–H and O–H groups in total. The molecule has 0 saturated heterocycles. The second-order valence-corrected chi connectivity index (χ2v) is 4.81. The van der Waals surface area contributed by atoms with Gasteiger partial charge in [-0.15, -0.1) is 0 Å². The first-order chi connectivity index (χ1) is 8.38. The van der Waals surface area contributed by atoms with E-state index in [4.69, 9.17) is 4.74 Å². The van der Waals surface area contributed by atoms with Crippen LogP contribution in [0.15, 0.2) is 16.7 Å². The van der Waals surface area contributed by atoms with Gasteiger partial charge in [0, 0.05) is 30.6 Å². The SMILES string of the molecule is CC.COC1(c2ncc(Br)cc2F)CC(F)(F)C1. The molecule has 0 aliphatic heterocycles. The van der Waals surface area contributed by atoms with Gasteiger partial charge in [0.1, 0.15) is 17.1 Å². The highest BCUT2D eigenvalue weighted by Crippen LogP contribution is 2.53. The zero-order valence-electron chi connectivity index (χ0n) is 10.4. The van der Waals surface area contributed by atoms with E-state index < -0.39 is 30.2 Å². The summed E-state index contributed by atoms with van der Waals surface area (Å²) in [5.74, 6) is -3.43. The van der Waals surface area contributed by atoms with E-state index in [-0.39, 0.29) is 5.69 Å². The third kappa shape index (κ3) is 2.85. The topological polar surface area (TPSA) is 22.1 Å². The van der Waals surface area contributed by atoms with Crippen LogP contribution in [0.1, 0.15) is 32.4 Å². The van der Waals surface area contributed by atoms with Crippen molar-refractivity contribution in [1.82, 2.24) is 4.98 Å². The molecule has 1 fully saturated rings. The second-order valence-electron chi connectivity index (χ2n) is 3.89. The Balaban J connectivity index is 0.000000771. The molecule has 2 rings (SSSR count). The number of pyridine rings is 1. The Bertz CT molecular complexity index is 418. The van der Waals surface area contributed by atoms with Crippen molar-refractivity contribution in [3.8, 4) is 0 Å². The van der Waals surface area contributed by atoms with Gasteiger partial charge in [-0.2, -0.15) is 0 Å². The average molecular weight is 326 g/mol. The highest BCUT2D eigenvalue weighted by atomic mass is 79.9. The van der Waals surface area contributed by atoms with Gasteiger partial charge in [0.25, 0.3) is 5.92 Å². The van der Waals surface area contributed by atoms with E-state index in [2.05, 4.69) is 20.9 Å². The summed E-state index contributed by atoms with van der Waals surface area (Å²) in [6.45, 7) is 4.00. The Labute approximate surface area is 113 Å². The Morgan fingerprint density at radius 1 is 1.33 bits per heavy atom. The van der Waals surface area contributed by atoms with E-state index in [9.17, 15) is 13.2 Å². The summed E-state index contributed by atoms with van der Waals surface area (Å²) in [4.78, 5) is 3.83. The third-order valence-corrected chi connectivity index (χ3v) is 3.15. The molecular formula is C12H15BrF3NO. The van der Waals surface area contributed by atoms with Gasteiger partial charge in [-0.1, -0.05) is 13.8 Å². The van der Waals surface area contributed by atoms with Crippen molar-refractivity contribution in [3.05, 3.63) is 28.2 Å². The summed E-state index contributed by atoms with van der Waals surface area (Å²) >= 11 is 3.06. The number of rotatable bonds is 2. The van der Waals surface area contributed by atoms with Crippen LogP contribution in [0.3, 0.4) is 0 Å². The fraction of sp³-hybridized carbons (Fsp3) is 0.583. The predicted octanol–water partition coefficient (Wildman–Crippen LogP) is 4.28. The third-order valence-electron chi connectivity index (χ3n) is 2.72. The monoisotopic (exact) mass is 325 g/mol. The van der Waals surface area contributed by atoms with Crippen LogP contribution >= 0.6 is 15.9 Å². The number of aromatic nitrogens is 1. The normalized spacial score (nSPS) is 19.5. The van der Waals surface area contributed by atoms with Crippen molar-refractivity contribution >= 4 is 15.9 Å². The van der Waals surface area contributed by atoms with Crippen LogP contribution in [0.5, 0.6) is 0 Å². The molecule has 1 saturated carbocycles. The van der Waals surface area contributed by atoms with Crippen molar-refractivity contribution in [2.45, 2.75) is 38.2 Å². The van der Waals surface area contributed by atoms with Crippen LogP contribution in [0.2, 0.25) is 0 Å². The maximum atomic E-state index is 13.6. The molecule has 18 heavy (non-hydrogen) atoms. The van der Waals surface area contributed by atoms with Crippen molar-refractivity contribution in [3.63, 3.8) is 0 Å². The summed E-state index contributed by atoms with van der Waals surface area (Å²) in [6, 6.07) is 1.19. The van der Waals surface area contributed by atoms with Crippen molar-refractivity contribution in [2.24, 2.45) is 0 Å². The van der Waals surface area contributed by atoms with Crippen LogP contribution in [0.4, 0.5) is 13.2 Å². The Morgan fingerprint density at radius 2 is 1.89 bits per heavy atom. The quantitative estimate of drug-likeness (QED) is 0.809. The molecule has 6 heteroatoms. The summed E-state index contributed by atoms with van der Waals surface area (Å²) in [6.07, 6.45) is 0.319. The van der Waals surface area contributed by atoms with E-state index in [1.54, 1.807) is 0 Å². The van der Waals surface area contributed by atoms with Gasteiger partial charge in [-0.3, -0.25) is 4.98 Å². The maximum absolute atomic E-state index is 13.6. The summed E-state index contributed by atoms with van der Waals surface area (Å²) < 4.78 is 44.8. The van der Waals surface area contributed by atoms with Gasteiger partial charge in [-0.25, -0.2) is 13.2 Å². The van der Waals surface area contributed by atoms with Crippen LogP contribution in [0, 0.1) is 5.82 Å². The first-order valence-electron chi connectivity index (χ1n) is 5.63. The van der Waals surface area contributed by atoms with E-state index in [1.165, 1.54) is 19.4 Å². The zero-order chi connectivity index (χ0) is 14.0. The molecule has 0 unspecified atom stereocenters. The number of methoxy groups -OCH3 is 1. The van der Waals surface area contributed by atoms with Crippen molar-refractivity contribution < 1.29 is 17.9 Å². The minimum absolute atomic E-state index is 0.0517. The van der Waals surface area contributed by atoms with Gasteiger partial charge in [-0.05, 0) is 22.0 Å². The lowest BCUT2D eigenvalue weighted by molar-refractivity contribution is -0.226. The molecule has 1 aromatic heterocycles. The standard InChI is InChI=1S/C10H9BrF3NO.C2H6/c1-16-9(4-10(13,14)5-9)8-7(12)2-6(11)3-15-8;1-2/h2-3H,4-5H2,1H3;1-2H3. The minimum Gasteiger partial charge on any atom is -0.371 e. The Hall–Kier alpha value is -0.620. The average Bonchev–Trinajstić information content (AvgIpc) is 2.28. The number of hydrogen-bond acceptors (Lipinski definition) is 2. The molecule has 102 valence electrons. The van der Waals surface area contributed by atoms with Gasteiger partial charge >= 0.3 is 0 Å². The fourth-order valence-corrected chi connectivity index (χ4v) is 2.25. The lowest BCUT2D eigenvalue weighted by atomic mass is 9.73. The number of ether oxygens (including phenoxy) is 1. The second kappa shape index (κ2) is 5.57. The van der Waals surface area contributed by atoms with E-state index in [0.29, 0.717) is 4.47 Å². The van der Waals surface area contributed by atoms with Crippen LogP contribution in [0.25, 0.3) is 0 Å². The highest BCUT2D eigenvalue weighted by molar-refractivity contribution is 9.10. The first kappa shape index (κ1) is 15.4. The Morgan fingerprint density at radius 3 is 2.28 bits per heavy atom. The molecule has 1 aromatic rings. The Kier molecular flexibility index (Phi) is 4.78. The molecule has 0 amide bonds. The van der Waals surface area contributed by atoms with Crippen LogP contribution in [-0.4, -0.2) is 18.0 Å². The van der Waals surface area contributed by atoms with Crippen LogP contribution < -0.4 is 0 Å². The number of halogens is 4. The summed E-state index contributed by atoms with van der Waals surface area (Å²) in [5.41, 5.74) is -1.34. The van der Waals surface area contributed by atoms with E-state index in [1.807, 2.05) is 13.8 Å². The first-order valence-corrected chi connectivity index (χ1v) is 6.42. The molecule has 1 aliphatic rings. The highest BCUT2D eigenvalue weighted by Gasteiger charge is 2.59. The maximum Gasteiger partial charge on any atom is 0.254 e. The summed E-state index contributed by atoms with van der Waals surface area (Å²) in [5, 5.41) is 0. The molecule has 2 nitrogen and oxygen atoms in total. The lowest BCUT2D eigenvalue weighted by Crippen LogP contribution is -2.51. The molecule has 0 bridgehead atoms. The minimum atomic E-state index is -2.79. The predicted molar refractivity (Wildman–Crippen MR) is 66.1 cm³/mol. The zero-order valence-corrected chi connectivity index (χ0v) is 12.0. The van der Waals surface area contributed by atoms with Gasteiger partial charge in [0.2, 0.25) is 0 Å². The molecule has 1 aliphatic carbocycles. The smallest absolute Gasteiger partial charge is 0.254 e. The van der Waals surface area contributed by atoms with E-state index in [0.717, 1.165) is 0 Å². The van der Waals surface area contributed by atoms with Gasteiger partial charge < -0.3 is 4.74 Å². The molecule has 0 aromatic carbocycles. The number of alkyl halides is 2. The van der Waals surface area contributed by atoms with Gasteiger partial charge in [0.15, 0.2) is 0 Å². The largest absolute Gasteiger partial charge is 0.371 e. The molecular weight excluding hydrogens is 311 g/mol. The van der Waals surface area contributed by atoms with Gasteiger partial charge in [0.05, 0.1) is 0 Å². The van der Waals surface area contributed by atoms with Crippen molar-refractivity contribution in [1.29, 1.82) is 0 Å². The molecule has 0 atom stereocenters. The lowest BCUT2D eigenvalue weighted by Gasteiger charge is -2.45. The molecule has 1 heterocycles. The molecule has 0 spiro atoms. The number of hydrogen-bond donors (Lipinski definition) is 0. The molecule has 0 radical (unpaired) electrons. The van der Waals surface area contributed by atoms with Crippen LogP contribution in [-0.2, 0) is 10.3 Å².